The van der Waals surface area contributed by atoms with E-state index in [4.69, 9.17) is 22.1 Å². The number of ether oxygens (including phenoxy) is 1. The Bertz CT molecular complexity index is 401. The minimum absolute atomic E-state index is 0.124. The number of aryl methyl sites for hydroxylation is 1. The van der Waals surface area contributed by atoms with Gasteiger partial charge in [-0.3, -0.25) is 0 Å². The second kappa shape index (κ2) is 5.50. The summed E-state index contributed by atoms with van der Waals surface area (Å²) in [7, 11) is 1.66. The molecule has 1 fully saturated rings. The Labute approximate surface area is 114 Å². The van der Waals surface area contributed by atoms with Crippen molar-refractivity contribution >= 4 is 11.6 Å². The predicted molar refractivity (Wildman–Crippen MR) is 76.6 cm³/mol. The second-order valence-electron chi connectivity index (χ2n) is 5.35. The molecule has 0 heterocycles. The van der Waals surface area contributed by atoms with E-state index in [2.05, 4.69) is 6.07 Å². The lowest BCUT2D eigenvalue weighted by Gasteiger charge is -2.37. The zero-order chi connectivity index (χ0) is 13.2. The SMILES string of the molecule is COc1c(C)cc(C2(CN)CCCCC2)cc1Cl. The molecule has 2 rings (SSSR count). The summed E-state index contributed by atoms with van der Waals surface area (Å²) in [6.07, 6.45) is 6.20. The van der Waals surface area contributed by atoms with Crippen LogP contribution in [0.25, 0.3) is 0 Å². The van der Waals surface area contributed by atoms with E-state index in [1.165, 1.54) is 37.7 Å². The summed E-state index contributed by atoms with van der Waals surface area (Å²) in [6.45, 7) is 2.75. The van der Waals surface area contributed by atoms with E-state index in [1.54, 1.807) is 7.11 Å². The van der Waals surface area contributed by atoms with E-state index < -0.39 is 0 Å². The third-order valence-electron chi connectivity index (χ3n) is 4.25. The molecule has 1 aromatic rings. The number of hydrogen-bond acceptors (Lipinski definition) is 2. The summed E-state index contributed by atoms with van der Waals surface area (Å²) in [4.78, 5) is 0. The second-order valence-corrected chi connectivity index (χ2v) is 5.76. The van der Waals surface area contributed by atoms with Crippen molar-refractivity contribution in [2.24, 2.45) is 5.73 Å². The fourth-order valence-corrected chi connectivity index (χ4v) is 3.48. The Morgan fingerprint density at radius 3 is 2.44 bits per heavy atom. The number of methoxy groups -OCH3 is 1. The average Bonchev–Trinajstić information content (AvgIpc) is 2.39. The molecule has 0 spiro atoms. The van der Waals surface area contributed by atoms with Crippen LogP contribution in [0.3, 0.4) is 0 Å². The molecule has 0 bridgehead atoms. The van der Waals surface area contributed by atoms with Gasteiger partial charge in [0.2, 0.25) is 0 Å². The first-order valence-corrected chi connectivity index (χ1v) is 7.05. The van der Waals surface area contributed by atoms with Gasteiger partial charge in [-0.1, -0.05) is 36.9 Å². The van der Waals surface area contributed by atoms with E-state index in [0.29, 0.717) is 11.6 Å². The van der Waals surface area contributed by atoms with Crippen molar-refractivity contribution in [3.63, 3.8) is 0 Å². The standard InChI is InChI=1S/C15H22ClNO/c1-11-8-12(9-13(16)14(11)18-2)15(10-17)6-4-3-5-7-15/h8-9H,3-7,10,17H2,1-2H3. The Morgan fingerprint density at radius 2 is 1.94 bits per heavy atom. The molecular weight excluding hydrogens is 246 g/mol. The van der Waals surface area contributed by atoms with Gasteiger partial charge in [-0.25, -0.2) is 0 Å². The van der Waals surface area contributed by atoms with Gasteiger partial charge in [0.1, 0.15) is 5.75 Å². The maximum Gasteiger partial charge on any atom is 0.140 e. The minimum atomic E-state index is 0.124. The Balaban J connectivity index is 2.43. The normalized spacial score (nSPS) is 18.7. The molecule has 2 nitrogen and oxygen atoms in total. The molecule has 0 atom stereocenters. The lowest BCUT2D eigenvalue weighted by atomic mass is 9.69. The van der Waals surface area contributed by atoms with Crippen LogP contribution in [0.2, 0.25) is 5.02 Å². The fraction of sp³-hybridized carbons (Fsp3) is 0.600. The smallest absolute Gasteiger partial charge is 0.140 e. The van der Waals surface area contributed by atoms with Crippen LogP contribution in [0.1, 0.15) is 43.2 Å². The van der Waals surface area contributed by atoms with Gasteiger partial charge in [0.15, 0.2) is 0 Å². The van der Waals surface area contributed by atoms with Crippen LogP contribution in [0.15, 0.2) is 12.1 Å². The molecule has 0 unspecified atom stereocenters. The number of rotatable bonds is 3. The molecule has 3 heteroatoms. The first kappa shape index (κ1) is 13.7. The zero-order valence-electron chi connectivity index (χ0n) is 11.3. The van der Waals surface area contributed by atoms with E-state index in [0.717, 1.165) is 11.3 Å². The van der Waals surface area contributed by atoms with Crippen LogP contribution in [0.5, 0.6) is 5.75 Å². The van der Waals surface area contributed by atoms with Crippen LogP contribution < -0.4 is 10.5 Å². The van der Waals surface area contributed by atoms with Crippen molar-refractivity contribution in [3.8, 4) is 5.75 Å². The van der Waals surface area contributed by atoms with Crippen molar-refractivity contribution < 1.29 is 4.74 Å². The predicted octanol–water partition coefficient (Wildman–Crippen LogP) is 3.82. The number of nitrogens with two attached hydrogens (primary N) is 1. The molecule has 0 saturated heterocycles. The largest absolute Gasteiger partial charge is 0.495 e. The van der Waals surface area contributed by atoms with E-state index in [9.17, 15) is 0 Å². The fourth-order valence-electron chi connectivity index (χ4n) is 3.13. The van der Waals surface area contributed by atoms with Crippen LogP contribution in [0.4, 0.5) is 0 Å². The monoisotopic (exact) mass is 267 g/mol. The van der Waals surface area contributed by atoms with Gasteiger partial charge < -0.3 is 10.5 Å². The average molecular weight is 268 g/mol. The van der Waals surface area contributed by atoms with Gasteiger partial charge in [-0.2, -0.15) is 0 Å². The molecule has 0 radical (unpaired) electrons. The molecule has 2 N–H and O–H groups in total. The number of benzene rings is 1. The molecule has 0 aromatic heterocycles. The van der Waals surface area contributed by atoms with Gasteiger partial charge in [0.25, 0.3) is 0 Å². The first-order valence-electron chi connectivity index (χ1n) is 6.67. The molecule has 18 heavy (non-hydrogen) atoms. The van der Waals surface area contributed by atoms with E-state index in [1.807, 2.05) is 13.0 Å². The maximum atomic E-state index is 6.31. The maximum absolute atomic E-state index is 6.31. The zero-order valence-corrected chi connectivity index (χ0v) is 12.0. The summed E-state index contributed by atoms with van der Waals surface area (Å²) in [6, 6.07) is 4.24. The Kier molecular flexibility index (Phi) is 4.18. The Hall–Kier alpha value is -0.730. The highest BCUT2D eigenvalue weighted by Crippen LogP contribution is 2.42. The minimum Gasteiger partial charge on any atom is -0.495 e. The number of halogens is 1. The van der Waals surface area contributed by atoms with Crippen LogP contribution in [0, 0.1) is 6.92 Å². The highest BCUT2D eigenvalue weighted by atomic mass is 35.5. The van der Waals surface area contributed by atoms with Crippen LogP contribution in [-0.2, 0) is 5.41 Å². The van der Waals surface area contributed by atoms with Gasteiger partial charge in [0.05, 0.1) is 12.1 Å². The van der Waals surface area contributed by atoms with Crippen molar-refractivity contribution in [2.45, 2.75) is 44.4 Å². The lowest BCUT2D eigenvalue weighted by molar-refractivity contribution is 0.300. The van der Waals surface area contributed by atoms with E-state index >= 15 is 0 Å². The molecule has 1 aromatic carbocycles. The first-order chi connectivity index (χ1) is 8.63. The summed E-state index contributed by atoms with van der Waals surface area (Å²) < 4.78 is 5.32. The molecule has 100 valence electrons. The summed E-state index contributed by atoms with van der Waals surface area (Å²) in [5.41, 5.74) is 8.57. The Morgan fingerprint density at radius 1 is 1.28 bits per heavy atom. The van der Waals surface area contributed by atoms with Gasteiger partial charge in [-0.15, -0.1) is 0 Å². The molecule has 0 aliphatic heterocycles. The molecule has 1 aliphatic rings. The van der Waals surface area contributed by atoms with Gasteiger partial charge >= 0.3 is 0 Å². The number of hydrogen-bond donors (Lipinski definition) is 1. The highest BCUT2D eigenvalue weighted by molar-refractivity contribution is 6.32. The summed E-state index contributed by atoms with van der Waals surface area (Å²) in [5.74, 6) is 0.781. The third-order valence-corrected chi connectivity index (χ3v) is 4.53. The lowest BCUT2D eigenvalue weighted by Crippen LogP contribution is -2.37. The topological polar surface area (TPSA) is 35.2 Å². The van der Waals surface area contributed by atoms with Gasteiger partial charge in [0, 0.05) is 12.0 Å². The summed E-state index contributed by atoms with van der Waals surface area (Å²) in [5, 5.41) is 0.700. The van der Waals surface area contributed by atoms with Gasteiger partial charge in [-0.05, 0) is 37.0 Å². The molecule has 1 aliphatic carbocycles. The van der Waals surface area contributed by atoms with E-state index in [-0.39, 0.29) is 5.41 Å². The van der Waals surface area contributed by atoms with Crippen LogP contribution in [-0.4, -0.2) is 13.7 Å². The van der Waals surface area contributed by atoms with Crippen molar-refractivity contribution in [1.82, 2.24) is 0 Å². The van der Waals surface area contributed by atoms with Crippen LogP contribution >= 0.6 is 11.6 Å². The molecular formula is C15H22ClNO. The third kappa shape index (κ3) is 2.36. The van der Waals surface area contributed by atoms with Crippen molar-refractivity contribution in [2.75, 3.05) is 13.7 Å². The molecule has 0 amide bonds. The van der Waals surface area contributed by atoms with Crippen molar-refractivity contribution in [1.29, 1.82) is 0 Å². The van der Waals surface area contributed by atoms with Crippen molar-refractivity contribution in [3.05, 3.63) is 28.3 Å². The quantitative estimate of drug-likeness (QED) is 0.904. The highest BCUT2D eigenvalue weighted by Gasteiger charge is 2.33. The molecule has 1 saturated carbocycles. The summed E-state index contributed by atoms with van der Waals surface area (Å²) >= 11 is 6.31.